The summed E-state index contributed by atoms with van der Waals surface area (Å²) >= 11 is 5.60. The van der Waals surface area contributed by atoms with Gasteiger partial charge in [-0.25, -0.2) is 9.78 Å². The molecule has 0 fully saturated rings. The zero-order valence-corrected chi connectivity index (χ0v) is 12.8. The number of alkyl halides is 6. The van der Waals surface area contributed by atoms with Gasteiger partial charge in [-0.1, -0.05) is 11.6 Å². The minimum Gasteiger partial charge on any atom is -0.417 e. The summed E-state index contributed by atoms with van der Waals surface area (Å²) in [5.41, 5.74) is 1.53. The highest BCUT2D eigenvalue weighted by Crippen LogP contribution is 2.38. The van der Waals surface area contributed by atoms with Crippen LogP contribution in [0, 0.1) is 6.92 Å². The lowest BCUT2D eigenvalue weighted by Gasteiger charge is -2.09. The van der Waals surface area contributed by atoms with E-state index in [0.29, 0.717) is 12.3 Å². The summed E-state index contributed by atoms with van der Waals surface area (Å²) < 4.78 is 81.4. The highest BCUT2D eigenvalue weighted by Gasteiger charge is 2.41. The van der Waals surface area contributed by atoms with E-state index in [4.69, 9.17) is 22.1 Å². The Morgan fingerprint density at radius 3 is 2.20 bits per heavy atom. The van der Waals surface area contributed by atoms with Crippen LogP contribution in [0.5, 0.6) is 11.8 Å². The number of carbonyl (C=O) groups is 1. The molecule has 0 aromatic carbocycles. The third kappa shape index (κ3) is 3.78. The lowest BCUT2D eigenvalue weighted by Crippen LogP contribution is -2.27. The molecule has 0 spiro atoms. The van der Waals surface area contributed by atoms with Crippen LogP contribution >= 0.6 is 11.6 Å². The maximum Gasteiger partial charge on any atom is 0.434 e. The van der Waals surface area contributed by atoms with Crippen LogP contribution in [0.4, 0.5) is 31.1 Å². The first-order valence-electron chi connectivity index (χ1n) is 6.19. The molecular formula is C12H7ClF6N4O2. The number of aromatic nitrogens is 3. The van der Waals surface area contributed by atoms with Crippen molar-refractivity contribution in [3.63, 3.8) is 0 Å². The number of rotatable bonds is 2. The van der Waals surface area contributed by atoms with Gasteiger partial charge in [0.25, 0.3) is 0 Å². The lowest BCUT2D eigenvalue weighted by atomic mass is 10.2. The maximum atomic E-state index is 13.0. The van der Waals surface area contributed by atoms with Crippen LogP contribution < -0.4 is 10.5 Å². The Kier molecular flexibility index (Phi) is 4.59. The van der Waals surface area contributed by atoms with Gasteiger partial charge in [-0.05, 0) is 13.0 Å². The van der Waals surface area contributed by atoms with Crippen LogP contribution in [0.3, 0.4) is 0 Å². The van der Waals surface area contributed by atoms with Crippen LogP contribution in [-0.2, 0) is 12.4 Å². The first-order valence-corrected chi connectivity index (χ1v) is 6.57. The van der Waals surface area contributed by atoms with Gasteiger partial charge in [-0.2, -0.15) is 31.0 Å². The molecule has 0 unspecified atom stereocenters. The molecule has 1 amide bonds. The molecule has 2 heterocycles. The molecule has 0 saturated heterocycles. The molecule has 2 N–H and O–H groups in total. The van der Waals surface area contributed by atoms with Gasteiger partial charge in [0.15, 0.2) is 5.69 Å². The Labute approximate surface area is 140 Å². The Morgan fingerprint density at radius 1 is 1.20 bits per heavy atom. The lowest BCUT2D eigenvalue weighted by molar-refractivity contribution is -0.143. The number of nitrogens with two attached hydrogens (primary N) is 1. The predicted octanol–water partition coefficient (Wildman–Crippen LogP) is 4.00. The standard InChI is InChI=1S/C12H7ClF6N4O2/c1-4-7(12(17,18)19)23(10(20)24)22-8(4)25-9-6(13)2-5(3-21-9)11(14,15)16/h2-3H,1H3,(H2,20,24). The van der Waals surface area contributed by atoms with E-state index >= 15 is 0 Å². The molecule has 0 aliphatic heterocycles. The molecule has 2 rings (SSSR count). The van der Waals surface area contributed by atoms with Gasteiger partial charge in [0.05, 0.1) is 5.56 Å². The summed E-state index contributed by atoms with van der Waals surface area (Å²) in [6, 6.07) is -1.05. The number of ether oxygens (including phenoxy) is 1. The molecule has 0 saturated carbocycles. The minimum atomic E-state index is -4.98. The summed E-state index contributed by atoms with van der Waals surface area (Å²) in [4.78, 5) is 14.4. The van der Waals surface area contributed by atoms with Crippen molar-refractivity contribution in [2.75, 3.05) is 0 Å². The van der Waals surface area contributed by atoms with Gasteiger partial charge in [0.1, 0.15) is 5.02 Å². The molecule has 2 aromatic heterocycles. The number of pyridine rings is 1. The molecule has 6 nitrogen and oxygen atoms in total. The largest absolute Gasteiger partial charge is 0.434 e. The van der Waals surface area contributed by atoms with Gasteiger partial charge >= 0.3 is 18.4 Å². The van der Waals surface area contributed by atoms with E-state index in [2.05, 4.69) is 10.1 Å². The number of primary amides is 1. The Balaban J connectivity index is 2.47. The van der Waals surface area contributed by atoms with Crippen molar-refractivity contribution >= 4 is 17.6 Å². The first kappa shape index (κ1) is 18.8. The topological polar surface area (TPSA) is 83.0 Å². The first-order chi connectivity index (χ1) is 11.3. The fourth-order valence-corrected chi connectivity index (χ4v) is 2.02. The van der Waals surface area contributed by atoms with Crippen LogP contribution in [0.2, 0.25) is 5.02 Å². The molecular weight excluding hydrogens is 382 g/mol. The van der Waals surface area contributed by atoms with Crippen LogP contribution in [0.15, 0.2) is 12.3 Å². The van der Waals surface area contributed by atoms with Crippen molar-refractivity contribution in [2.45, 2.75) is 19.3 Å². The third-order valence-electron chi connectivity index (χ3n) is 2.88. The second-order valence-electron chi connectivity index (χ2n) is 4.64. The Hall–Kier alpha value is -2.50. The van der Waals surface area contributed by atoms with E-state index < -0.39 is 52.0 Å². The zero-order valence-electron chi connectivity index (χ0n) is 12.0. The van der Waals surface area contributed by atoms with Crippen molar-refractivity contribution in [2.24, 2.45) is 5.73 Å². The molecule has 0 bridgehead atoms. The Bertz CT molecular complexity index is 830. The second-order valence-corrected chi connectivity index (χ2v) is 5.04. The van der Waals surface area contributed by atoms with E-state index in [0.717, 1.165) is 6.92 Å². The average molecular weight is 389 g/mol. The van der Waals surface area contributed by atoms with E-state index in [1.165, 1.54) is 0 Å². The minimum absolute atomic E-state index is 0.136. The summed E-state index contributed by atoms with van der Waals surface area (Å²) in [6.45, 7) is 0.933. The summed E-state index contributed by atoms with van der Waals surface area (Å²) in [5, 5.41) is 2.65. The second kappa shape index (κ2) is 6.10. The summed E-state index contributed by atoms with van der Waals surface area (Å²) in [7, 11) is 0. The average Bonchev–Trinajstić information content (AvgIpc) is 2.77. The van der Waals surface area contributed by atoms with Crippen LogP contribution in [0.1, 0.15) is 16.8 Å². The monoisotopic (exact) mass is 388 g/mol. The molecule has 25 heavy (non-hydrogen) atoms. The SMILES string of the molecule is Cc1c(Oc2ncc(C(F)(F)F)cc2Cl)nn(C(N)=O)c1C(F)(F)F. The number of hydrogen-bond acceptors (Lipinski definition) is 4. The fraction of sp³-hybridized carbons (Fsp3) is 0.250. The van der Waals surface area contributed by atoms with Crippen molar-refractivity contribution < 1.29 is 35.9 Å². The molecule has 0 aliphatic carbocycles. The van der Waals surface area contributed by atoms with Gasteiger partial charge in [-0.15, -0.1) is 5.10 Å². The van der Waals surface area contributed by atoms with Gasteiger partial charge in [0, 0.05) is 11.8 Å². The molecule has 0 radical (unpaired) electrons. The zero-order chi connectivity index (χ0) is 19.2. The van der Waals surface area contributed by atoms with E-state index in [-0.39, 0.29) is 4.68 Å². The van der Waals surface area contributed by atoms with Crippen molar-refractivity contribution in [1.29, 1.82) is 0 Å². The van der Waals surface area contributed by atoms with Crippen LogP contribution in [-0.4, -0.2) is 20.8 Å². The van der Waals surface area contributed by atoms with Gasteiger partial charge in [-0.3, -0.25) is 0 Å². The van der Waals surface area contributed by atoms with Crippen molar-refractivity contribution in [1.82, 2.24) is 14.8 Å². The van der Waals surface area contributed by atoms with Crippen molar-refractivity contribution in [3.05, 3.63) is 34.1 Å². The number of amides is 1. The molecule has 2 aromatic rings. The molecule has 136 valence electrons. The predicted molar refractivity (Wildman–Crippen MR) is 71.3 cm³/mol. The smallest absolute Gasteiger partial charge is 0.417 e. The highest BCUT2D eigenvalue weighted by molar-refractivity contribution is 6.31. The Morgan fingerprint density at radius 2 is 1.80 bits per heavy atom. The molecule has 0 aliphatic rings. The number of halogens is 7. The van der Waals surface area contributed by atoms with E-state index in [1.807, 2.05) is 0 Å². The normalized spacial score (nSPS) is 12.3. The quantitative estimate of drug-likeness (QED) is 0.788. The van der Waals surface area contributed by atoms with E-state index in [9.17, 15) is 31.1 Å². The molecule has 13 heteroatoms. The highest BCUT2D eigenvalue weighted by atomic mass is 35.5. The van der Waals surface area contributed by atoms with Crippen LogP contribution in [0.25, 0.3) is 0 Å². The third-order valence-corrected chi connectivity index (χ3v) is 3.15. The number of nitrogens with zero attached hydrogens (tertiary/aromatic N) is 3. The number of hydrogen-bond donors (Lipinski definition) is 1. The van der Waals surface area contributed by atoms with Crippen molar-refractivity contribution in [3.8, 4) is 11.8 Å². The van der Waals surface area contributed by atoms with Gasteiger partial charge in [0.2, 0.25) is 11.8 Å². The maximum absolute atomic E-state index is 13.0. The van der Waals surface area contributed by atoms with E-state index in [1.54, 1.807) is 0 Å². The van der Waals surface area contributed by atoms with Gasteiger partial charge < -0.3 is 10.5 Å². The molecule has 0 atom stereocenters. The summed E-state index contributed by atoms with van der Waals surface area (Å²) in [6.07, 6.45) is -9.32. The summed E-state index contributed by atoms with van der Waals surface area (Å²) in [5.74, 6) is -1.36. The number of carbonyl (C=O) groups excluding carboxylic acids is 1. The fourth-order valence-electron chi connectivity index (χ4n) is 1.81.